The predicted molar refractivity (Wildman–Crippen MR) is 156 cm³/mol. The summed E-state index contributed by atoms with van der Waals surface area (Å²) in [5, 5.41) is 0. The van der Waals surface area contributed by atoms with Crippen molar-refractivity contribution in [3.8, 4) is 5.75 Å². The number of hydrogen-bond acceptors (Lipinski definition) is 6. The number of aromatic nitrogens is 1. The number of aryl methyl sites for hydroxylation is 1. The zero-order chi connectivity index (χ0) is 29.2. The van der Waals surface area contributed by atoms with Crippen LogP contribution in [0.3, 0.4) is 0 Å². The number of rotatable bonds is 11. The lowest BCUT2D eigenvalue weighted by Crippen LogP contribution is -2.35. The molecule has 0 saturated carbocycles. The molecule has 0 saturated heterocycles. The van der Waals surface area contributed by atoms with E-state index in [9.17, 15) is 9.59 Å². The van der Waals surface area contributed by atoms with Gasteiger partial charge in [-0.25, -0.2) is 14.2 Å². The minimum atomic E-state index is -0.543. The molecule has 0 atom stereocenters. The summed E-state index contributed by atoms with van der Waals surface area (Å²) >= 11 is 0. The van der Waals surface area contributed by atoms with Gasteiger partial charge >= 0.3 is 11.9 Å². The molecule has 0 unspecified atom stereocenters. The van der Waals surface area contributed by atoms with Gasteiger partial charge in [-0.1, -0.05) is 24.3 Å². The second kappa shape index (κ2) is 13.9. The number of carbonyl (C=O) groups excluding carboxylic acids is 2. The number of allylic oxidation sites excluding steroid dienone is 3. The number of ether oxygens (including phenoxy) is 3. The van der Waals surface area contributed by atoms with Crippen LogP contribution in [0.15, 0.2) is 108 Å². The Balaban J connectivity index is 1.54. The van der Waals surface area contributed by atoms with Crippen LogP contribution in [0.25, 0.3) is 0 Å². The fourth-order valence-corrected chi connectivity index (χ4v) is 3.69. The van der Waals surface area contributed by atoms with Crippen molar-refractivity contribution in [2.45, 2.75) is 34.2 Å². The first-order chi connectivity index (χ1) is 19.1. The molecule has 0 aliphatic rings. The molecule has 7 nitrogen and oxygen atoms in total. The number of hydrogen-bond donors (Lipinski definition) is 0. The summed E-state index contributed by atoms with van der Waals surface area (Å²) in [6.07, 6.45) is 5.71. The van der Waals surface area contributed by atoms with Gasteiger partial charge < -0.3 is 19.1 Å². The Morgan fingerprint density at radius 1 is 0.850 bits per heavy atom. The topological polar surface area (TPSA) is 69.0 Å². The fraction of sp³-hybridized carbons (Fsp3) is 0.242. The van der Waals surface area contributed by atoms with Gasteiger partial charge in [0.15, 0.2) is 18.9 Å². The van der Waals surface area contributed by atoms with E-state index in [1.54, 1.807) is 63.2 Å². The van der Waals surface area contributed by atoms with Crippen LogP contribution >= 0.6 is 0 Å². The summed E-state index contributed by atoms with van der Waals surface area (Å²) in [5.74, 6) is 0.185. The summed E-state index contributed by atoms with van der Waals surface area (Å²) in [4.78, 5) is 27.4. The molecule has 0 aliphatic heterocycles. The molecule has 0 spiro atoms. The lowest BCUT2D eigenvalue weighted by atomic mass is 10.1. The Bertz CT molecular complexity index is 1400. The number of benzene rings is 2. The lowest BCUT2D eigenvalue weighted by molar-refractivity contribution is -0.697. The number of anilines is 1. The molecule has 0 aliphatic carbocycles. The van der Waals surface area contributed by atoms with Crippen LogP contribution < -0.4 is 14.2 Å². The van der Waals surface area contributed by atoms with Crippen molar-refractivity contribution in [1.29, 1.82) is 0 Å². The number of carbonyl (C=O) groups is 2. The van der Waals surface area contributed by atoms with Crippen molar-refractivity contribution < 1.29 is 28.4 Å². The molecule has 1 aromatic heterocycles. The quantitative estimate of drug-likeness (QED) is 0.125. The first kappa shape index (κ1) is 29.9. The molecule has 3 aromatic rings. The van der Waals surface area contributed by atoms with Crippen LogP contribution in [0, 0.1) is 6.92 Å². The van der Waals surface area contributed by atoms with Gasteiger partial charge in [0.1, 0.15) is 23.9 Å². The van der Waals surface area contributed by atoms with E-state index in [0.29, 0.717) is 46.9 Å². The van der Waals surface area contributed by atoms with Gasteiger partial charge in [0.25, 0.3) is 0 Å². The maximum atomic E-state index is 12.7. The first-order valence-electron chi connectivity index (χ1n) is 13.0. The van der Waals surface area contributed by atoms with Gasteiger partial charge in [-0.05, 0) is 81.3 Å². The number of esters is 2. The maximum absolute atomic E-state index is 12.7. The van der Waals surface area contributed by atoms with E-state index < -0.39 is 11.9 Å². The van der Waals surface area contributed by atoms with Gasteiger partial charge in [0.05, 0.1) is 11.1 Å². The highest BCUT2D eigenvalue weighted by molar-refractivity contribution is 5.91. The minimum absolute atomic E-state index is 0.172. The molecule has 0 fully saturated rings. The Morgan fingerprint density at radius 3 is 1.95 bits per heavy atom. The van der Waals surface area contributed by atoms with Gasteiger partial charge in [0.2, 0.25) is 0 Å². The van der Waals surface area contributed by atoms with E-state index in [0.717, 1.165) is 11.3 Å². The van der Waals surface area contributed by atoms with Crippen molar-refractivity contribution in [2.24, 2.45) is 0 Å². The van der Waals surface area contributed by atoms with Crippen LogP contribution in [0.2, 0.25) is 0 Å². The third-order valence-corrected chi connectivity index (χ3v) is 6.42. The number of nitrogens with zero attached hydrogens (tertiary/aromatic N) is 2. The molecule has 3 rings (SSSR count). The second-order valence-electron chi connectivity index (χ2n) is 9.53. The molecule has 0 N–H and O–H groups in total. The van der Waals surface area contributed by atoms with E-state index in [1.807, 2.05) is 67.1 Å². The molecule has 0 radical (unpaired) electrons. The number of pyridine rings is 1. The third-order valence-electron chi connectivity index (χ3n) is 6.42. The smallest absolute Gasteiger partial charge is 0.343 e. The average Bonchev–Trinajstić information content (AvgIpc) is 2.95. The van der Waals surface area contributed by atoms with Gasteiger partial charge in [-0.2, -0.15) is 0 Å². The van der Waals surface area contributed by atoms with Crippen LogP contribution in [-0.4, -0.2) is 32.6 Å². The molecule has 208 valence electrons. The standard InChI is InChI=1S/C33H37N2O5/c1-8-31(40-33(37)27-11-9-23(2)10-12-27)25(4)24(3)26(5)39-32(36)28-13-15-30(16-14-28)38-22-21-35-19-17-29(18-20-35)34(6)7/h8-20H,5,21-22H2,1-4,6-7H3/q+1/b25-24-,31-8+. The first-order valence-corrected chi connectivity index (χ1v) is 13.0. The average molecular weight is 542 g/mol. The molecule has 2 aromatic carbocycles. The van der Waals surface area contributed by atoms with Crippen molar-refractivity contribution in [2.75, 3.05) is 25.6 Å². The maximum Gasteiger partial charge on any atom is 0.343 e. The molecular formula is C33H37N2O5+. The van der Waals surface area contributed by atoms with Crippen molar-refractivity contribution in [3.05, 3.63) is 125 Å². The Hall–Kier alpha value is -4.65. The van der Waals surface area contributed by atoms with Crippen molar-refractivity contribution >= 4 is 17.6 Å². The minimum Gasteiger partial charge on any atom is -0.487 e. The van der Waals surface area contributed by atoms with E-state index in [2.05, 4.69) is 6.58 Å². The highest BCUT2D eigenvalue weighted by Gasteiger charge is 2.17. The van der Waals surface area contributed by atoms with E-state index in [1.165, 1.54) is 0 Å². The molecule has 0 amide bonds. The summed E-state index contributed by atoms with van der Waals surface area (Å²) in [6, 6.07) is 18.0. The highest BCUT2D eigenvalue weighted by Crippen LogP contribution is 2.24. The van der Waals surface area contributed by atoms with E-state index in [-0.39, 0.29) is 5.76 Å². The second-order valence-corrected chi connectivity index (χ2v) is 9.53. The van der Waals surface area contributed by atoms with Gasteiger partial charge in [-0.15, -0.1) is 0 Å². The zero-order valence-electron chi connectivity index (χ0n) is 24.1. The summed E-state index contributed by atoms with van der Waals surface area (Å²) in [7, 11) is 4.01. The Morgan fingerprint density at radius 2 is 1.40 bits per heavy atom. The summed E-state index contributed by atoms with van der Waals surface area (Å²) < 4.78 is 19.0. The molecular weight excluding hydrogens is 504 g/mol. The third kappa shape index (κ3) is 8.17. The SMILES string of the molecule is C=C(OC(=O)c1ccc(OCC[n+]2ccc(N(C)C)cc2)cc1)/C(C)=C(C)\C(=C/C)OC(=O)c1ccc(C)cc1. The van der Waals surface area contributed by atoms with Crippen LogP contribution in [0.4, 0.5) is 5.69 Å². The summed E-state index contributed by atoms with van der Waals surface area (Å²) in [6.45, 7) is 12.3. The van der Waals surface area contributed by atoms with E-state index in [4.69, 9.17) is 14.2 Å². The monoisotopic (exact) mass is 541 g/mol. The van der Waals surface area contributed by atoms with Crippen LogP contribution in [0.1, 0.15) is 47.1 Å². The van der Waals surface area contributed by atoms with Crippen LogP contribution in [-0.2, 0) is 16.0 Å². The molecule has 40 heavy (non-hydrogen) atoms. The molecule has 7 heteroatoms. The van der Waals surface area contributed by atoms with Gasteiger partial charge in [0, 0.05) is 31.9 Å². The van der Waals surface area contributed by atoms with Crippen LogP contribution in [0.5, 0.6) is 5.75 Å². The summed E-state index contributed by atoms with van der Waals surface area (Å²) in [5.41, 5.74) is 4.23. The van der Waals surface area contributed by atoms with Crippen molar-refractivity contribution in [1.82, 2.24) is 0 Å². The molecule has 0 bridgehead atoms. The highest BCUT2D eigenvalue weighted by atomic mass is 16.5. The Labute approximate surface area is 236 Å². The Kier molecular flexibility index (Phi) is 10.4. The van der Waals surface area contributed by atoms with Gasteiger partial charge in [-0.3, -0.25) is 0 Å². The molecule has 1 heterocycles. The van der Waals surface area contributed by atoms with Crippen molar-refractivity contribution in [3.63, 3.8) is 0 Å². The largest absolute Gasteiger partial charge is 0.487 e. The zero-order valence-corrected chi connectivity index (χ0v) is 24.1. The van der Waals surface area contributed by atoms with E-state index >= 15 is 0 Å². The predicted octanol–water partition coefficient (Wildman–Crippen LogP) is 6.20. The lowest BCUT2D eigenvalue weighted by Gasteiger charge is -2.14. The normalized spacial score (nSPS) is 11.8. The fourth-order valence-electron chi connectivity index (χ4n) is 3.69.